The molecule has 1 heterocycles. The number of aromatic nitrogens is 1. The fourth-order valence-corrected chi connectivity index (χ4v) is 1.69. The van der Waals surface area contributed by atoms with Gasteiger partial charge in [-0.05, 0) is 24.1 Å². The zero-order valence-electron chi connectivity index (χ0n) is 9.86. The van der Waals surface area contributed by atoms with Gasteiger partial charge in [-0.2, -0.15) is 0 Å². The minimum absolute atomic E-state index is 0.0179. The van der Waals surface area contributed by atoms with Crippen LogP contribution in [0.5, 0.6) is 0 Å². The molecule has 1 aromatic heterocycles. The predicted molar refractivity (Wildman–Crippen MR) is 68.4 cm³/mol. The first-order chi connectivity index (χ1) is 8.69. The van der Waals surface area contributed by atoms with Crippen molar-refractivity contribution in [3.63, 3.8) is 0 Å². The summed E-state index contributed by atoms with van der Waals surface area (Å²) in [4.78, 5) is 25.0. The van der Waals surface area contributed by atoms with Crippen LogP contribution in [0.25, 0.3) is 11.1 Å². The van der Waals surface area contributed by atoms with Crippen molar-refractivity contribution in [1.82, 2.24) is 10.3 Å². The molecule has 94 valence electrons. The van der Waals surface area contributed by atoms with E-state index >= 15 is 0 Å². The fourth-order valence-electron chi connectivity index (χ4n) is 1.69. The Kier molecular flexibility index (Phi) is 3.62. The van der Waals surface area contributed by atoms with Crippen LogP contribution in [0.1, 0.15) is 12.0 Å². The standard InChI is InChI=1S/C13H14N2O3/c1-2-7-14-12(16)6-4-9-3-5-11-10(8-9)15-13(17)18-11/h2-3,5,8H,1,4,6-7H2,(H,14,16)(H,15,17). The van der Waals surface area contributed by atoms with Crippen molar-refractivity contribution < 1.29 is 9.21 Å². The van der Waals surface area contributed by atoms with Crippen molar-refractivity contribution in [2.75, 3.05) is 6.54 Å². The van der Waals surface area contributed by atoms with Crippen LogP contribution >= 0.6 is 0 Å². The van der Waals surface area contributed by atoms with Crippen LogP contribution in [-0.2, 0) is 11.2 Å². The molecule has 0 saturated carbocycles. The quantitative estimate of drug-likeness (QED) is 0.782. The SMILES string of the molecule is C=CCNC(=O)CCc1ccc2oc(=O)[nH]c2c1. The number of nitrogens with one attached hydrogen (secondary N) is 2. The first-order valence-electron chi connectivity index (χ1n) is 5.68. The van der Waals surface area contributed by atoms with Crippen LogP contribution in [0, 0.1) is 0 Å². The molecule has 2 rings (SSSR count). The van der Waals surface area contributed by atoms with Gasteiger partial charge in [0.2, 0.25) is 5.91 Å². The minimum atomic E-state index is -0.467. The highest BCUT2D eigenvalue weighted by molar-refractivity contribution is 5.77. The Morgan fingerprint density at radius 2 is 2.33 bits per heavy atom. The summed E-state index contributed by atoms with van der Waals surface area (Å²) in [6.07, 6.45) is 2.66. The highest BCUT2D eigenvalue weighted by Crippen LogP contribution is 2.13. The van der Waals surface area contributed by atoms with Crippen molar-refractivity contribution in [3.8, 4) is 0 Å². The maximum atomic E-state index is 11.4. The topological polar surface area (TPSA) is 75.1 Å². The molecule has 0 spiro atoms. The number of oxazole rings is 1. The Balaban J connectivity index is 2.01. The van der Waals surface area contributed by atoms with Gasteiger partial charge in [-0.15, -0.1) is 6.58 Å². The van der Waals surface area contributed by atoms with Gasteiger partial charge >= 0.3 is 5.76 Å². The first-order valence-corrected chi connectivity index (χ1v) is 5.68. The number of aryl methyl sites for hydroxylation is 1. The van der Waals surface area contributed by atoms with E-state index in [4.69, 9.17) is 4.42 Å². The Morgan fingerprint density at radius 1 is 1.50 bits per heavy atom. The van der Waals surface area contributed by atoms with Gasteiger partial charge < -0.3 is 9.73 Å². The van der Waals surface area contributed by atoms with Gasteiger partial charge in [0.25, 0.3) is 0 Å². The van der Waals surface area contributed by atoms with E-state index in [1.165, 1.54) is 0 Å². The molecular formula is C13H14N2O3. The number of hydrogen-bond donors (Lipinski definition) is 2. The number of carbonyl (C=O) groups excluding carboxylic acids is 1. The molecule has 0 atom stereocenters. The maximum Gasteiger partial charge on any atom is 0.417 e. The molecule has 2 N–H and O–H groups in total. The summed E-state index contributed by atoms with van der Waals surface area (Å²) in [5, 5.41) is 2.71. The lowest BCUT2D eigenvalue weighted by atomic mass is 10.1. The monoisotopic (exact) mass is 246 g/mol. The number of carbonyl (C=O) groups is 1. The van der Waals surface area contributed by atoms with Gasteiger partial charge in [-0.1, -0.05) is 12.1 Å². The van der Waals surface area contributed by atoms with Crippen molar-refractivity contribution in [1.29, 1.82) is 0 Å². The summed E-state index contributed by atoms with van der Waals surface area (Å²) in [6.45, 7) is 4.01. The summed E-state index contributed by atoms with van der Waals surface area (Å²) in [7, 11) is 0. The third kappa shape index (κ3) is 2.88. The van der Waals surface area contributed by atoms with Crippen LogP contribution in [0.3, 0.4) is 0 Å². The third-order valence-electron chi connectivity index (χ3n) is 2.57. The minimum Gasteiger partial charge on any atom is -0.408 e. The number of fused-ring (bicyclic) bond motifs is 1. The molecule has 2 aromatic rings. The van der Waals surface area contributed by atoms with E-state index in [9.17, 15) is 9.59 Å². The molecule has 1 aromatic carbocycles. The average molecular weight is 246 g/mol. The second-order valence-corrected chi connectivity index (χ2v) is 3.94. The van der Waals surface area contributed by atoms with Crippen LogP contribution in [0.15, 0.2) is 40.1 Å². The lowest BCUT2D eigenvalue weighted by molar-refractivity contribution is -0.120. The fraction of sp³-hybridized carbons (Fsp3) is 0.231. The van der Waals surface area contributed by atoms with Crippen LogP contribution < -0.4 is 11.1 Å². The molecule has 0 radical (unpaired) electrons. The number of amides is 1. The van der Waals surface area contributed by atoms with Gasteiger partial charge in [-0.3, -0.25) is 9.78 Å². The van der Waals surface area contributed by atoms with E-state index in [-0.39, 0.29) is 5.91 Å². The summed E-state index contributed by atoms with van der Waals surface area (Å²) in [5.74, 6) is -0.485. The summed E-state index contributed by atoms with van der Waals surface area (Å²) >= 11 is 0. The van der Waals surface area contributed by atoms with E-state index in [0.717, 1.165) is 5.56 Å². The zero-order chi connectivity index (χ0) is 13.0. The molecule has 0 aliphatic rings. The van der Waals surface area contributed by atoms with Gasteiger partial charge in [-0.25, -0.2) is 4.79 Å². The molecule has 0 saturated heterocycles. The Morgan fingerprint density at radius 3 is 3.11 bits per heavy atom. The summed E-state index contributed by atoms with van der Waals surface area (Å²) < 4.78 is 4.90. The van der Waals surface area contributed by atoms with Crippen LogP contribution in [0.2, 0.25) is 0 Å². The van der Waals surface area contributed by atoms with E-state index in [0.29, 0.717) is 30.5 Å². The number of hydrogen-bond acceptors (Lipinski definition) is 3. The number of rotatable bonds is 5. The largest absolute Gasteiger partial charge is 0.417 e. The summed E-state index contributed by atoms with van der Waals surface area (Å²) in [6, 6.07) is 5.39. The second-order valence-electron chi connectivity index (χ2n) is 3.94. The van der Waals surface area contributed by atoms with E-state index in [1.807, 2.05) is 12.1 Å². The molecule has 18 heavy (non-hydrogen) atoms. The Labute approximate surface area is 104 Å². The normalized spacial score (nSPS) is 10.4. The van der Waals surface area contributed by atoms with Gasteiger partial charge in [0.15, 0.2) is 5.58 Å². The number of aromatic amines is 1. The number of H-pyrrole nitrogens is 1. The number of benzene rings is 1. The highest BCUT2D eigenvalue weighted by Gasteiger charge is 2.04. The molecule has 0 unspecified atom stereocenters. The third-order valence-corrected chi connectivity index (χ3v) is 2.57. The van der Waals surface area contributed by atoms with E-state index in [2.05, 4.69) is 16.9 Å². The molecular weight excluding hydrogens is 232 g/mol. The van der Waals surface area contributed by atoms with Crippen molar-refractivity contribution in [2.45, 2.75) is 12.8 Å². The van der Waals surface area contributed by atoms with Gasteiger partial charge in [0, 0.05) is 13.0 Å². The lowest BCUT2D eigenvalue weighted by Crippen LogP contribution is -2.23. The Hall–Kier alpha value is -2.30. The first kappa shape index (κ1) is 12.2. The maximum absolute atomic E-state index is 11.4. The molecule has 0 aliphatic carbocycles. The summed E-state index contributed by atoms with van der Waals surface area (Å²) in [5.41, 5.74) is 2.16. The second kappa shape index (κ2) is 5.35. The smallest absolute Gasteiger partial charge is 0.408 e. The highest BCUT2D eigenvalue weighted by atomic mass is 16.4. The van der Waals surface area contributed by atoms with E-state index < -0.39 is 5.76 Å². The zero-order valence-corrected chi connectivity index (χ0v) is 9.86. The van der Waals surface area contributed by atoms with Crippen molar-refractivity contribution in [3.05, 3.63) is 47.0 Å². The molecule has 0 fully saturated rings. The van der Waals surface area contributed by atoms with Crippen molar-refractivity contribution in [2.24, 2.45) is 0 Å². The van der Waals surface area contributed by atoms with Crippen LogP contribution in [-0.4, -0.2) is 17.4 Å². The van der Waals surface area contributed by atoms with Crippen molar-refractivity contribution >= 4 is 17.0 Å². The molecule has 0 aliphatic heterocycles. The van der Waals surface area contributed by atoms with Crippen LogP contribution in [0.4, 0.5) is 0 Å². The predicted octanol–water partition coefficient (Wildman–Crippen LogP) is 1.36. The molecule has 1 amide bonds. The lowest BCUT2D eigenvalue weighted by Gasteiger charge is -2.02. The van der Waals surface area contributed by atoms with Gasteiger partial charge in [0.05, 0.1) is 5.52 Å². The van der Waals surface area contributed by atoms with E-state index in [1.54, 1.807) is 12.1 Å². The average Bonchev–Trinajstić information content (AvgIpc) is 2.73. The molecule has 5 heteroatoms. The molecule has 5 nitrogen and oxygen atoms in total. The molecule has 0 bridgehead atoms. The Bertz CT molecular complexity index is 624. The van der Waals surface area contributed by atoms with Gasteiger partial charge in [0.1, 0.15) is 0 Å².